The molecule has 0 atom stereocenters. The Hall–Kier alpha value is -4.33. The van der Waals surface area contributed by atoms with E-state index >= 15 is 0 Å². The Labute approximate surface area is 195 Å². The maximum Gasteiger partial charge on any atom is 0.257 e. The van der Waals surface area contributed by atoms with E-state index in [9.17, 15) is 9.18 Å². The average molecular weight is 455 g/mol. The quantitative estimate of drug-likeness (QED) is 0.389. The molecular weight excluding hydrogens is 431 g/mol. The summed E-state index contributed by atoms with van der Waals surface area (Å²) in [5.74, 6) is -0.159. The Balaban J connectivity index is 1.45. The highest BCUT2D eigenvalue weighted by molar-refractivity contribution is 6.12. The molecule has 8 heteroatoms. The number of nitrogens with one attached hydrogen (secondary N) is 1. The summed E-state index contributed by atoms with van der Waals surface area (Å²) in [7, 11) is 0. The van der Waals surface area contributed by atoms with Crippen molar-refractivity contribution in [1.29, 1.82) is 0 Å². The van der Waals surface area contributed by atoms with Crippen molar-refractivity contribution in [3.63, 3.8) is 0 Å². The van der Waals surface area contributed by atoms with Crippen LogP contribution < -0.4 is 5.32 Å². The number of nitrogens with zero attached hydrogens (tertiary/aromatic N) is 5. The van der Waals surface area contributed by atoms with Gasteiger partial charge in [-0.1, -0.05) is 30.3 Å². The number of aromatic nitrogens is 5. The van der Waals surface area contributed by atoms with Crippen molar-refractivity contribution < 1.29 is 9.18 Å². The second-order valence-electron chi connectivity index (χ2n) is 8.04. The van der Waals surface area contributed by atoms with Crippen molar-refractivity contribution in [3.8, 4) is 11.3 Å². The minimum atomic E-state index is -0.293. The maximum atomic E-state index is 13.5. The van der Waals surface area contributed by atoms with Crippen LogP contribution in [0.1, 0.15) is 28.5 Å². The molecule has 3 aromatic heterocycles. The van der Waals surface area contributed by atoms with Crippen LogP contribution in [0, 0.1) is 12.7 Å². The zero-order valence-corrected chi connectivity index (χ0v) is 18.9. The summed E-state index contributed by atoms with van der Waals surface area (Å²) in [5.41, 5.74) is 4.45. The molecule has 5 rings (SSSR count). The van der Waals surface area contributed by atoms with Gasteiger partial charge in [0, 0.05) is 36.0 Å². The fourth-order valence-corrected chi connectivity index (χ4v) is 3.96. The average Bonchev–Trinajstić information content (AvgIpc) is 3.44. The van der Waals surface area contributed by atoms with E-state index in [0.717, 1.165) is 34.3 Å². The van der Waals surface area contributed by atoms with Gasteiger partial charge in [0.25, 0.3) is 5.91 Å². The molecule has 34 heavy (non-hydrogen) atoms. The SMILES string of the molecule is CCn1cc(-c2cc(C(=O)Nc3ccn(Cc4cccc(F)c4)n3)c3ccccc3n2)c(C)n1. The molecule has 0 aliphatic rings. The lowest BCUT2D eigenvalue weighted by Crippen LogP contribution is -2.14. The Kier molecular flexibility index (Phi) is 5.63. The topological polar surface area (TPSA) is 77.6 Å². The number of amides is 1. The summed E-state index contributed by atoms with van der Waals surface area (Å²) in [4.78, 5) is 18.1. The van der Waals surface area contributed by atoms with E-state index in [4.69, 9.17) is 4.98 Å². The number of pyridine rings is 1. The smallest absolute Gasteiger partial charge is 0.257 e. The molecule has 7 nitrogen and oxygen atoms in total. The van der Waals surface area contributed by atoms with Gasteiger partial charge in [-0.15, -0.1) is 0 Å². The van der Waals surface area contributed by atoms with Crippen LogP contribution in [0.15, 0.2) is 73.1 Å². The zero-order chi connectivity index (χ0) is 23.7. The lowest BCUT2D eigenvalue weighted by Gasteiger charge is -2.09. The summed E-state index contributed by atoms with van der Waals surface area (Å²) in [6.07, 6.45) is 3.70. The first-order chi connectivity index (χ1) is 16.5. The first-order valence-electron chi connectivity index (χ1n) is 11.0. The molecule has 0 bridgehead atoms. The third kappa shape index (κ3) is 4.30. The fraction of sp³-hybridized carbons (Fsp3) is 0.154. The number of anilines is 1. The first kappa shape index (κ1) is 21.5. The number of rotatable bonds is 6. The van der Waals surface area contributed by atoms with Gasteiger partial charge in [0.2, 0.25) is 0 Å². The third-order valence-corrected chi connectivity index (χ3v) is 5.62. The molecule has 0 unspecified atom stereocenters. The predicted octanol–water partition coefficient (Wildman–Crippen LogP) is 5.06. The molecule has 0 aliphatic carbocycles. The van der Waals surface area contributed by atoms with Crippen molar-refractivity contribution in [2.75, 3.05) is 5.32 Å². The lowest BCUT2D eigenvalue weighted by molar-refractivity contribution is 0.102. The normalized spacial score (nSPS) is 11.1. The van der Waals surface area contributed by atoms with Gasteiger partial charge in [-0.2, -0.15) is 10.2 Å². The number of halogens is 1. The maximum absolute atomic E-state index is 13.5. The van der Waals surface area contributed by atoms with Crippen LogP contribution in [-0.4, -0.2) is 30.5 Å². The van der Waals surface area contributed by atoms with Gasteiger partial charge in [0.15, 0.2) is 5.82 Å². The van der Waals surface area contributed by atoms with Crippen molar-refractivity contribution >= 4 is 22.6 Å². The number of carbonyl (C=O) groups excluding carboxylic acids is 1. The van der Waals surface area contributed by atoms with Crippen LogP contribution in [0.2, 0.25) is 0 Å². The van der Waals surface area contributed by atoms with Gasteiger partial charge >= 0.3 is 0 Å². The van der Waals surface area contributed by atoms with Crippen molar-refractivity contribution in [1.82, 2.24) is 24.5 Å². The Morgan fingerprint density at radius 2 is 1.88 bits per heavy atom. The molecule has 0 saturated heterocycles. The van der Waals surface area contributed by atoms with E-state index in [1.54, 1.807) is 29.1 Å². The number of hydrogen-bond acceptors (Lipinski definition) is 4. The van der Waals surface area contributed by atoms with E-state index in [1.807, 2.05) is 55.1 Å². The Morgan fingerprint density at radius 3 is 2.68 bits per heavy atom. The highest BCUT2D eigenvalue weighted by Gasteiger charge is 2.17. The van der Waals surface area contributed by atoms with Crippen LogP contribution in [-0.2, 0) is 13.1 Å². The van der Waals surface area contributed by atoms with Gasteiger partial charge in [-0.3, -0.25) is 14.2 Å². The third-order valence-electron chi connectivity index (χ3n) is 5.62. The van der Waals surface area contributed by atoms with E-state index < -0.39 is 0 Å². The second kappa shape index (κ2) is 8.90. The number of fused-ring (bicyclic) bond motifs is 1. The van der Waals surface area contributed by atoms with Gasteiger partial charge in [0.05, 0.1) is 29.0 Å². The lowest BCUT2D eigenvalue weighted by atomic mass is 10.0. The van der Waals surface area contributed by atoms with Crippen molar-refractivity contribution in [2.45, 2.75) is 26.9 Å². The van der Waals surface area contributed by atoms with Crippen LogP contribution in [0.4, 0.5) is 10.2 Å². The largest absolute Gasteiger partial charge is 0.305 e. The number of para-hydroxylation sites is 1. The molecular formula is C26H23FN6O. The molecule has 0 radical (unpaired) electrons. The highest BCUT2D eigenvalue weighted by atomic mass is 19.1. The predicted molar refractivity (Wildman–Crippen MR) is 129 cm³/mol. The van der Waals surface area contributed by atoms with Crippen LogP contribution in [0.25, 0.3) is 22.2 Å². The van der Waals surface area contributed by atoms with Crippen molar-refractivity contribution in [3.05, 3.63) is 95.7 Å². The highest BCUT2D eigenvalue weighted by Crippen LogP contribution is 2.27. The molecule has 0 saturated carbocycles. The Bertz CT molecular complexity index is 1500. The number of carbonyl (C=O) groups is 1. The summed E-state index contributed by atoms with van der Waals surface area (Å²) in [6.45, 7) is 5.11. The van der Waals surface area contributed by atoms with Gasteiger partial charge in [-0.25, -0.2) is 9.37 Å². The summed E-state index contributed by atoms with van der Waals surface area (Å²) in [5, 5.41) is 12.6. The summed E-state index contributed by atoms with van der Waals surface area (Å²) >= 11 is 0. The van der Waals surface area contributed by atoms with Crippen molar-refractivity contribution in [2.24, 2.45) is 0 Å². The van der Waals surface area contributed by atoms with Gasteiger partial charge in [0.1, 0.15) is 5.82 Å². The van der Waals surface area contributed by atoms with E-state index in [2.05, 4.69) is 15.5 Å². The van der Waals surface area contributed by atoms with Crippen LogP contribution in [0.5, 0.6) is 0 Å². The standard InChI is InChI=1S/C26H23FN6O/c1-3-32-16-22(17(2)30-32)24-14-21(20-9-4-5-10-23(20)28-24)26(34)29-25-11-12-33(31-25)15-18-7-6-8-19(27)13-18/h4-14,16H,3,15H2,1-2H3,(H,29,31,34). The monoisotopic (exact) mass is 454 g/mol. The van der Waals surface area contributed by atoms with Crippen LogP contribution in [0.3, 0.4) is 0 Å². The van der Waals surface area contributed by atoms with Gasteiger partial charge in [-0.05, 0) is 43.7 Å². The minimum absolute atomic E-state index is 0.281. The van der Waals surface area contributed by atoms with E-state index in [0.29, 0.717) is 23.6 Å². The molecule has 3 heterocycles. The van der Waals surface area contributed by atoms with E-state index in [-0.39, 0.29) is 11.7 Å². The second-order valence-corrected chi connectivity index (χ2v) is 8.04. The van der Waals surface area contributed by atoms with Crippen LogP contribution >= 0.6 is 0 Å². The first-order valence-corrected chi connectivity index (χ1v) is 11.0. The Morgan fingerprint density at radius 1 is 1.03 bits per heavy atom. The number of hydrogen-bond donors (Lipinski definition) is 1. The minimum Gasteiger partial charge on any atom is -0.305 e. The summed E-state index contributed by atoms with van der Waals surface area (Å²) in [6, 6.07) is 17.4. The molecule has 170 valence electrons. The zero-order valence-electron chi connectivity index (χ0n) is 18.9. The molecule has 1 amide bonds. The molecule has 2 aromatic carbocycles. The molecule has 0 fully saturated rings. The molecule has 0 spiro atoms. The molecule has 5 aromatic rings. The number of aryl methyl sites for hydroxylation is 2. The summed E-state index contributed by atoms with van der Waals surface area (Å²) < 4.78 is 17.0. The number of benzene rings is 2. The van der Waals surface area contributed by atoms with E-state index in [1.165, 1.54) is 12.1 Å². The molecule has 1 N–H and O–H groups in total. The molecule has 0 aliphatic heterocycles. The fourth-order valence-electron chi connectivity index (χ4n) is 3.96. The van der Waals surface area contributed by atoms with Gasteiger partial charge < -0.3 is 5.32 Å².